The maximum absolute atomic E-state index is 13.4. The number of aromatic nitrogens is 3. The molecule has 1 amide bonds. The molecule has 1 N–H and O–H groups in total. The first-order valence-corrected chi connectivity index (χ1v) is 11.9. The van der Waals surface area contributed by atoms with Crippen molar-refractivity contribution in [1.82, 2.24) is 19.7 Å². The number of carbonyl (C=O) groups excluding carboxylic acids is 1. The highest BCUT2D eigenvalue weighted by molar-refractivity contribution is 7.14. The number of amides is 1. The SMILES string of the molecule is Cc1ccc(-c2nn(-c3ccc(F)cc3)cc2C(=O)Nc2nc(CN3CCOCC3)cs2)cc1. The zero-order valence-electron chi connectivity index (χ0n) is 18.7. The summed E-state index contributed by atoms with van der Waals surface area (Å²) in [7, 11) is 0. The topological polar surface area (TPSA) is 72.3 Å². The van der Waals surface area contributed by atoms with Crippen LogP contribution in [-0.4, -0.2) is 51.9 Å². The van der Waals surface area contributed by atoms with Gasteiger partial charge in [-0.05, 0) is 31.2 Å². The number of rotatable bonds is 6. The lowest BCUT2D eigenvalue weighted by Crippen LogP contribution is -2.35. The van der Waals surface area contributed by atoms with E-state index in [1.807, 2.05) is 36.6 Å². The number of hydrogen-bond donors (Lipinski definition) is 1. The van der Waals surface area contributed by atoms with Crippen molar-refractivity contribution in [3.05, 3.63) is 82.7 Å². The van der Waals surface area contributed by atoms with Crippen molar-refractivity contribution in [3.8, 4) is 16.9 Å². The van der Waals surface area contributed by atoms with Crippen molar-refractivity contribution < 1.29 is 13.9 Å². The Hall–Kier alpha value is -3.40. The third-order valence-corrected chi connectivity index (χ3v) is 6.44. The zero-order valence-corrected chi connectivity index (χ0v) is 19.5. The highest BCUT2D eigenvalue weighted by atomic mass is 32.1. The number of nitrogens with one attached hydrogen (secondary N) is 1. The van der Waals surface area contributed by atoms with Crippen LogP contribution in [0.2, 0.25) is 0 Å². The molecule has 0 radical (unpaired) electrons. The lowest BCUT2D eigenvalue weighted by Gasteiger charge is -2.25. The van der Waals surface area contributed by atoms with Gasteiger partial charge in [0.1, 0.15) is 11.5 Å². The molecular weight excluding hydrogens is 453 g/mol. The van der Waals surface area contributed by atoms with Crippen LogP contribution in [-0.2, 0) is 11.3 Å². The molecule has 1 saturated heterocycles. The molecule has 1 aliphatic rings. The van der Waals surface area contributed by atoms with Crippen molar-refractivity contribution in [3.63, 3.8) is 0 Å². The van der Waals surface area contributed by atoms with Crippen LogP contribution in [0.3, 0.4) is 0 Å². The summed E-state index contributed by atoms with van der Waals surface area (Å²) in [5.74, 6) is -0.625. The molecule has 2 aromatic carbocycles. The second-order valence-electron chi connectivity index (χ2n) is 8.17. The van der Waals surface area contributed by atoms with Crippen molar-refractivity contribution >= 4 is 22.4 Å². The summed E-state index contributed by atoms with van der Waals surface area (Å²) in [6.07, 6.45) is 1.67. The number of hydrogen-bond acceptors (Lipinski definition) is 6. The number of aryl methyl sites for hydroxylation is 1. The largest absolute Gasteiger partial charge is 0.379 e. The fraction of sp³-hybridized carbons (Fsp3) is 0.240. The summed E-state index contributed by atoms with van der Waals surface area (Å²) in [6, 6.07) is 13.8. The van der Waals surface area contributed by atoms with Gasteiger partial charge >= 0.3 is 0 Å². The Bertz CT molecular complexity index is 1280. The highest BCUT2D eigenvalue weighted by Gasteiger charge is 2.20. The molecule has 7 nitrogen and oxygen atoms in total. The first-order valence-electron chi connectivity index (χ1n) is 11.0. The van der Waals surface area contributed by atoms with Crippen molar-refractivity contribution in [2.75, 3.05) is 31.6 Å². The number of halogens is 1. The molecule has 174 valence electrons. The molecule has 34 heavy (non-hydrogen) atoms. The maximum Gasteiger partial charge on any atom is 0.261 e. The van der Waals surface area contributed by atoms with Crippen LogP contribution >= 0.6 is 11.3 Å². The van der Waals surface area contributed by atoms with E-state index in [0.717, 1.165) is 49.7 Å². The highest BCUT2D eigenvalue weighted by Crippen LogP contribution is 2.26. The summed E-state index contributed by atoms with van der Waals surface area (Å²) in [5.41, 5.74) is 4.48. The number of anilines is 1. The van der Waals surface area contributed by atoms with Gasteiger partial charge in [0.25, 0.3) is 5.91 Å². The molecule has 3 heterocycles. The van der Waals surface area contributed by atoms with Crippen molar-refractivity contribution in [1.29, 1.82) is 0 Å². The fourth-order valence-corrected chi connectivity index (χ4v) is 4.48. The standard InChI is InChI=1S/C25H24FN5O2S/c1-17-2-4-18(5-3-17)23-22(15-31(29-23)21-8-6-19(26)7-9-21)24(32)28-25-27-20(16-34-25)14-30-10-12-33-13-11-30/h2-9,15-16H,10-14H2,1H3,(H,27,28,32). The number of ether oxygens (including phenoxy) is 1. The van der Waals surface area contributed by atoms with E-state index in [0.29, 0.717) is 22.1 Å². The van der Waals surface area contributed by atoms with Gasteiger partial charge in [-0.25, -0.2) is 14.1 Å². The summed E-state index contributed by atoms with van der Waals surface area (Å²) < 4.78 is 20.4. The van der Waals surface area contributed by atoms with E-state index >= 15 is 0 Å². The summed E-state index contributed by atoms with van der Waals surface area (Å²) in [6.45, 7) is 5.95. The molecule has 0 unspecified atom stereocenters. The number of nitrogens with zero attached hydrogens (tertiary/aromatic N) is 4. The Labute approximate surface area is 200 Å². The third kappa shape index (κ3) is 5.06. The predicted octanol–water partition coefficient (Wildman–Crippen LogP) is 4.53. The molecule has 9 heteroatoms. The molecule has 4 aromatic rings. The number of carbonyl (C=O) groups is 1. The van der Waals surface area contributed by atoms with E-state index in [2.05, 4.69) is 20.3 Å². The van der Waals surface area contributed by atoms with E-state index in [1.165, 1.54) is 23.5 Å². The second kappa shape index (κ2) is 9.84. The minimum Gasteiger partial charge on any atom is -0.379 e. The first kappa shape index (κ1) is 22.4. The molecule has 1 fully saturated rings. The van der Waals surface area contributed by atoms with Crippen LogP contribution in [0.15, 0.2) is 60.1 Å². The lowest BCUT2D eigenvalue weighted by molar-refractivity contribution is 0.0337. The zero-order chi connectivity index (χ0) is 23.5. The summed E-state index contributed by atoms with van der Waals surface area (Å²) in [5, 5.41) is 10.1. The Morgan fingerprint density at radius 1 is 1.12 bits per heavy atom. The Morgan fingerprint density at radius 3 is 2.59 bits per heavy atom. The molecular formula is C25H24FN5O2S. The van der Waals surface area contributed by atoms with Gasteiger partial charge in [0.15, 0.2) is 5.13 Å². The molecule has 1 aliphatic heterocycles. The van der Waals surface area contributed by atoms with E-state index in [-0.39, 0.29) is 11.7 Å². The van der Waals surface area contributed by atoms with E-state index < -0.39 is 0 Å². The average molecular weight is 478 g/mol. The molecule has 0 bridgehead atoms. The smallest absolute Gasteiger partial charge is 0.261 e. The molecule has 0 aliphatic carbocycles. The van der Waals surface area contributed by atoms with Gasteiger partial charge in [-0.1, -0.05) is 29.8 Å². The second-order valence-corrected chi connectivity index (χ2v) is 9.02. The van der Waals surface area contributed by atoms with Crippen LogP contribution in [0.4, 0.5) is 9.52 Å². The average Bonchev–Trinajstić information content (AvgIpc) is 3.48. The molecule has 0 saturated carbocycles. The summed E-state index contributed by atoms with van der Waals surface area (Å²) >= 11 is 1.40. The minimum absolute atomic E-state index is 0.295. The predicted molar refractivity (Wildman–Crippen MR) is 130 cm³/mol. The molecule has 0 spiro atoms. The van der Waals surface area contributed by atoms with Crippen LogP contribution in [0.5, 0.6) is 0 Å². The van der Waals surface area contributed by atoms with Gasteiger partial charge in [0.2, 0.25) is 0 Å². The number of benzene rings is 2. The Kier molecular flexibility index (Phi) is 6.48. The van der Waals surface area contributed by atoms with E-state index in [9.17, 15) is 9.18 Å². The van der Waals surface area contributed by atoms with Crippen LogP contribution in [0, 0.1) is 12.7 Å². The Morgan fingerprint density at radius 2 is 1.85 bits per heavy atom. The van der Waals surface area contributed by atoms with Crippen molar-refractivity contribution in [2.45, 2.75) is 13.5 Å². The van der Waals surface area contributed by atoms with Gasteiger partial charge in [0, 0.05) is 36.8 Å². The van der Waals surface area contributed by atoms with Gasteiger partial charge in [-0.15, -0.1) is 11.3 Å². The third-order valence-electron chi connectivity index (χ3n) is 5.64. The van der Waals surface area contributed by atoms with E-state index in [4.69, 9.17) is 4.74 Å². The molecule has 5 rings (SSSR count). The van der Waals surface area contributed by atoms with Crippen LogP contribution < -0.4 is 5.32 Å². The number of morpholine rings is 1. The van der Waals surface area contributed by atoms with E-state index in [1.54, 1.807) is 23.0 Å². The van der Waals surface area contributed by atoms with Gasteiger partial charge in [-0.3, -0.25) is 15.0 Å². The van der Waals surface area contributed by atoms with Gasteiger partial charge in [0.05, 0.1) is 30.2 Å². The molecule has 2 aromatic heterocycles. The number of thiazole rings is 1. The lowest BCUT2D eigenvalue weighted by atomic mass is 10.1. The van der Waals surface area contributed by atoms with Crippen LogP contribution in [0.1, 0.15) is 21.6 Å². The normalized spacial score (nSPS) is 14.3. The fourth-order valence-electron chi connectivity index (χ4n) is 3.78. The minimum atomic E-state index is -0.329. The van der Waals surface area contributed by atoms with Crippen molar-refractivity contribution in [2.24, 2.45) is 0 Å². The summed E-state index contributed by atoms with van der Waals surface area (Å²) in [4.78, 5) is 20.2. The monoisotopic (exact) mass is 477 g/mol. The maximum atomic E-state index is 13.4. The molecule has 0 atom stereocenters. The van der Waals surface area contributed by atoms with Gasteiger partial charge in [-0.2, -0.15) is 5.10 Å². The Balaban J connectivity index is 1.40. The first-order chi connectivity index (χ1) is 16.5. The van der Waals surface area contributed by atoms with Gasteiger partial charge < -0.3 is 4.74 Å². The van der Waals surface area contributed by atoms with Crippen LogP contribution in [0.25, 0.3) is 16.9 Å². The quantitative estimate of drug-likeness (QED) is 0.442.